The van der Waals surface area contributed by atoms with Gasteiger partial charge in [0, 0.05) is 36.3 Å². The van der Waals surface area contributed by atoms with Gasteiger partial charge in [0.15, 0.2) is 0 Å². The highest BCUT2D eigenvalue weighted by molar-refractivity contribution is 6.04. The molecular formula is C25H27N3O3. The quantitative estimate of drug-likeness (QED) is 0.386. The van der Waals surface area contributed by atoms with Gasteiger partial charge in [-0.1, -0.05) is 31.2 Å². The van der Waals surface area contributed by atoms with E-state index < -0.39 is 12.1 Å². The van der Waals surface area contributed by atoms with Crippen LogP contribution in [-0.4, -0.2) is 32.2 Å². The molecule has 31 heavy (non-hydrogen) atoms. The molecule has 6 heteroatoms. The lowest BCUT2D eigenvalue weighted by Crippen LogP contribution is -2.11. The number of aliphatic carboxylic acids is 1. The van der Waals surface area contributed by atoms with Gasteiger partial charge in [0.05, 0.1) is 12.5 Å². The number of nitrogens with zero attached hydrogens (tertiary/aromatic N) is 3. The summed E-state index contributed by atoms with van der Waals surface area (Å²) >= 11 is 0. The Morgan fingerprint density at radius 1 is 1.03 bits per heavy atom. The second-order valence-corrected chi connectivity index (χ2v) is 7.70. The van der Waals surface area contributed by atoms with Gasteiger partial charge >= 0.3 is 5.97 Å². The molecule has 0 aliphatic heterocycles. The molecule has 0 fully saturated rings. The number of hydrogen-bond donors (Lipinski definition) is 1. The van der Waals surface area contributed by atoms with Crippen molar-refractivity contribution < 1.29 is 14.6 Å². The zero-order valence-electron chi connectivity index (χ0n) is 17.7. The van der Waals surface area contributed by atoms with E-state index >= 15 is 0 Å². The van der Waals surface area contributed by atoms with Crippen molar-refractivity contribution in [3.8, 4) is 0 Å². The summed E-state index contributed by atoms with van der Waals surface area (Å²) in [5.41, 5.74) is 4.07. The van der Waals surface area contributed by atoms with Crippen molar-refractivity contribution in [3.63, 3.8) is 0 Å². The van der Waals surface area contributed by atoms with E-state index in [9.17, 15) is 4.79 Å². The standard InChI is InChI=1S/C25H27N3O3/c1-2-16-31-22(17-23(29)30)19-11-9-18(10-12-19)6-5-15-28-24-20(7-3-13-26-24)21-8-4-14-27-25(21)28/h3-4,7-14,22H,2,5-6,15-17H2,1H3,(H,29,30). The Balaban J connectivity index is 1.45. The van der Waals surface area contributed by atoms with E-state index in [1.165, 1.54) is 5.56 Å². The monoisotopic (exact) mass is 417 g/mol. The minimum Gasteiger partial charge on any atom is -0.481 e. The van der Waals surface area contributed by atoms with Gasteiger partial charge in [-0.2, -0.15) is 0 Å². The van der Waals surface area contributed by atoms with Crippen LogP contribution >= 0.6 is 0 Å². The maximum atomic E-state index is 11.2. The normalized spacial score (nSPS) is 12.4. The maximum Gasteiger partial charge on any atom is 0.306 e. The molecule has 0 spiro atoms. The molecule has 0 radical (unpaired) electrons. The predicted octanol–water partition coefficient (Wildman–Crippen LogP) is 5.16. The smallest absolute Gasteiger partial charge is 0.306 e. The Morgan fingerprint density at radius 2 is 1.68 bits per heavy atom. The number of ether oxygens (including phenoxy) is 1. The molecule has 1 unspecified atom stereocenters. The van der Waals surface area contributed by atoms with Crippen molar-refractivity contribution in [2.45, 2.75) is 45.3 Å². The molecular weight excluding hydrogens is 390 g/mol. The summed E-state index contributed by atoms with van der Waals surface area (Å²) in [6.07, 6.45) is 5.96. The molecule has 4 aromatic rings. The van der Waals surface area contributed by atoms with Crippen LogP contribution < -0.4 is 0 Å². The van der Waals surface area contributed by atoms with E-state index in [4.69, 9.17) is 9.84 Å². The van der Waals surface area contributed by atoms with Gasteiger partial charge in [-0.05, 0) is 54.7 Å². The van der Waals surface area contributed by atoms with Crippen molar-refractivity contribution in [2.75, 3.05) is 6.61 Å². The second kappa shape index (κ2) is 9.71. The van der Waals surface area contributed by atoms with Crippen LogP contribution in [0.1, 0.15) is 43.4 Å². The number of pyridine rings is 2. The molecule has 0 saturated carbocycles. The lowest BCUT2D eigenvalue weighted by Gasteiger charge is -2.16. The van der Waals surface area contributed by atoms with Crippen LogP contribution in [0.3, 0.4) is 0 Å². The fraction of sp³-hybridized carbons (Fsp3) is 0.320. The fourth-order valence-electron chi connectivity index (χ4n) is 3.99. The van der Waals surface area contributed by atoms with Crippen molar-refractivity contribution in [1.29, 1.82) is 0 Å². The zero-order valence-corrected chi connectivity index (χ0v) is 17.7. The Labute approximate surface area is 181 Å². The summed E-state index contributed by atoms with van der Waals surface area (Å²) < 4.78 is 7.94. The third-order valence-electron chi connectivity index (χ3n) is 5.46. The summed E-state index contributed by atoms with van der Waals surface area (Å²) in [5.74, 6) is -0.849. The lowest BCUT2D eigenvalue weighted by molar-refractivity contribution is -0.140. The fourth-order valence-corrected chi connectivity index (χ4v) is 3.99. The molecule has 3 aromatic heterocycles. The van der Waals surface area contributed by atoms with Crippen LogP contribution in [0, 0.1) is 0 Å². The summed E-state index contributed by atoms with van der Waals surface area (Å²) in [6, 6.07) is 16.2. The second-order valence-electron chi connectivity index (χ2n) is 7.70. The summed E-state index contributed by atoms with van der Waals surface area (Å²) in [5, 5.41) is 11.4. The van der Waals surface area contributed by atoms with Crippen LogP contribution in [0.25, 0.3) is 22.1 Å². The number of carboxylic acids is 1. The van der Waals surface area contributed by atoms with Crippen molar-refractivity contribution in [2.24, 2.45) is 0 Å². The first kappa shape index (κ1) is 21.0. The molecule has 0 amide bonds. The Morgan fingerprint density at radius 3 is 2.26 bits per heavy atom. The number of carboxylic acid groups (broad SMARTS) is 1. The van der Waals surface area contributed by atoms with E-state index in [2.05, 4.69) is 38.8 Å². The molecule has 4 rings (SSSR count). The number of hydrogen-bond acceptors (Lipinski definition) is 4. The van der Waals surface area contributed by atoms with Gasteiger partial charge in [-0.3, -0.25) is 4.79 Å². The molecule has 1 aromatic carbocycles. The molecule has 0 aliphatic rings. The van der Waals surface area contributed by atoms with Crippen molar-refractivity contribution in [3.05, 3.63) is 72.1 Å². The lowest BCUT2D eigenvalue weighted by atomic mass is 10.0. The number of aromatic nitrogens is 3. The van der Waals surface area contributed by atoms with Gasteiger partial charge in [0.1, 0.15) is 11.3 Å². The molecule has 0 bridgehead atoms. The highest BCUT2D eigenvalue weighted by Crippen LogP contribution is 2.26. The number of rotatable bonds is 10. The zero-order chi connectivity index (χ0) is 21.6. The van der Waals surface area contributed by atoms with Gasteiger partial charge in [0.25, 0.3) is 0 Å². The number of benzene rings is 1. The maximum absolute atomic E-state index is 11.2. The van der Waals surface area contributed by atoms with Crippen molar-refractivity contribution >= 4 is 28.0 Å². The molecule has 6 nitrogen and oxygen atoms in total. The average Bonchev–Trinajstić information content (AvgIpc) is 3.11. The molecule has 1 atom stereocenters. The summed E-state index contributed by atoms with van der Waals surface area (Å²) in [4.78, 5) is 20.3. The molecule has 0 saturated heterocycles. The first-order chi connectivity index (χ1) is 15.2. The van der Waals surface area contributed by atoms with Gasteiger partial charge in [0.2, 0.25) is 0 Å². The van der Waals surface area contributed by atoms with Gasteiger partial charge in [-0.25, -0.2) is 9.97 Å². The van der Waals surface area contributed by atoms with E-state index in [0.29, 0.717) is 6.61 Å². The van der Waals surface area contributed by atoms with Crippen LogP contribution in [-0.2, 0) is 22.5 Å². The van der Waals surface area contributed by atoms with Gasteiger partial charge < -0.3 is 14.4 Å². The molecule has 160 valence electrons. The van der Waals surface area contributed by atoms with Crippen LogP contribution in [0.4, 0.5) is 0 Å². The first-order valence-corrected chi connectivity index (χ1v) is 10.8. The number of aryl methyl sites for hydroxylation is 2. The molecule has 0 aliphatic carbocycles. The third-order valence-corrected chi connectivity index (χ3v) is 5.46. The Bertz CT molecular complexity index is 1110. The molecule has 3 heterocycles. The minimum absolute atomic E-state index is 0.0207. The summed E-state index contributed by atoms with van der Waals surface area (Å²) in [6.45, 7) is 3.40. The molecule has 1 N–H and O–H groups in total. The largest absolute Gasteiger partial charge is 0.481 e. The number of carbonyl (C=O) groups is 1. The van der Waals surface area contributed by atoms with Gasteiger partial charge in [-0.15, -0.1) is 0 Å². The van der Waals surface area contributed by atoms with Crippen LogP contribution in [0.2, 0.25) is 0 Å². The van der Waals surface area contributed by atoms with E-state index in [-0.39, 0.29) is 6.42 Å². The predicted molar refractivity (Wildman–Crippen MR) is 121 cm³/mol. The highest BCUT2D eigenvalue weighted by atomic mass is 16.5. The van der Waals surface area contributed by atoms with Crippen molar-refractivity contribution in [1.82, 2.24) is 14.5 Å². The van der Waals surface area contributed by atoms with E-state index in [1.54, 1.807) is 0 Å². The SMILES string of the molecule is CCCOC(CC(=O)O)c1ccc(CCCn2c3ncccc3c3cccnc32)cc1. The van der Waals surface area contributed by atoms with Crippen LogP contribution in [0.5, 0.6) is 0 Å². The van der Waals surface area contributed by atoms with E-state index in [1.807, 2.05) is 43.6 Å². The topological polar surface area (TPSA) is 77.2 Å². The summed E-state index contributed by atoms with van der Waals surface area (Å²) in [7, 11) is 0. The highest BCUT2D eigenvalue weighted by Gasteiger charge is 2.16. The average molecular weight is 418 g/mol. The Hall–Kier alpha value is -3.25. The number of fused-ring (bicyclic) bond motifs is 3. The third kappa shape index (κ3) is 4.75. The van der Waals surface area contributed by atoms with Crippen LogP contribution in [0.15, 0.2) is 60.9 Å². The minimum atomic E-state index is -0.849. The van der Waals surface area contributed by atoms with E-state index in [0.717, 1.165) is 53.4 Å². The first-order valence-electron chi connectivity index (χ1n) is 10.8. The Kier molecular flexibility index (Phi) is 6.57.